The molecule has 18 heavy (non-hydrogen) atoms. The van der Waals surface area contributed by atoms with Gasteiger partial charge in [0.05, 0.1) is 16.4 Å². The summed E-state index contributed by atoms with van der Waals surface area (Å²) in [5, 5.41) is 0.723. The molecule has 1 saturated carbocycles. The Hall–Kier alpha value is -1.48. The number of carbonyl (C=O) groups excluding carboxylic acids is 1. The van der Waals surface area contributed by atoms with Crippen LogP contribution in [0.2, 0.25) is 5.02 Å². The molecule has 0 bridgehead atoms. The van der Waals surface area contributed by atoms with Gasteiger partial charge in [0.25, 0.3) is 5.91 Å². The Morgan fingerprint density at radius 3 is 2.83 bits per heavy atom. The summed E-state index contributed by atoms with van der Waals surface area (Å²) < 4.78 is 0. The molecule has 94 valence electrons. The molecule has 2 aliphatic rings. The van der Waals surface area contributed by atoms with Crippen LogP contribution < -0.4 is 9.80 Å². The Morgan fingerprint density at radius 2 is 2.17 bits per heavy atom. The smallest absolute Gasteiger partial charge is 0.250 e. The molecule has 1 heterocycles. The number of carbonyl (C=O) groups is 1. The van der Waals surface area contributed by atoms with Gasteiger partial charge < -0.3 is 9.80 Å². The Bertz CT molecular complexity index is 511. The second kappa shape index (κ2) is 4.32. The van der Waals surface area contributed by atoms with Crippen molar-refractivity contribution in [3.63, 3.8) is 0 Å². The van der Waals surface area contributed by atoms with Crippen LogP contribution in [0.3, 0.4) is 0 Å². The minimum absolute atomic E-state index is 0.0611. The van der Waals surface area contributed by atoms with Crippen molar-refractivity contribution in [2.24, 2.45) is 0 Å². The molecule has 1 aliphatic carbocycles. The molecule has 0 N–H and O–H groups in total. The number of amides is 1. The SMILES string of the molecule is C=CC(=O)N1CCN(C2CC2)c2c(Cl)cccc21. The highest BCUT2D eigenvalue weighted by Crippen LogP contribution is 2.44. The Morgan fingerprint density at radius 1 is 1.39 bits per heavy atom. The van der Waals surface area contributed by atoms with E-state index in [1.54, 1.807) is 4.90 Å². The van der Waals surface area contributed by atoms with Crippen molar-refractivity contribution in [3.05, 3.63) is 35.9 Å². The average Bonchev–Trinajstić information content (AvgIpc) is 3.21. The van der Waals surface area contributed by atoms with E-state index in [9.17, 15) is 4.79 Å². The van der Waals surface area contributed by atoms with Crippen LogP contribution in [0.5, 0.6) is 0 Å². The van der Waals surface area contributed by atoms with Crippen molar-refractivity contribution in [2.75, 3.05) is 22.9 Å². The van der Waals surface area contributed by atoms with Crippen LogP contribution in [0, 0.1) is 0 Å². The van der Waals surface area contributed by atoms with Gasteiger partial charge in [0.1, 0.15) is 0 Å². The van der Waals surface area contributed by atoms with Gasteiger partial charge in [-0.1, -0.05) is 24.2 Å². The molecule has 0 radical (unpaired) electrons. The maximum atomic E-state index is 11.9. The molecule has 0 saturated heterocycles. The molecule has 1 fully saturated rings. The summed E-state index contributed by atoms with van der Waals surface area (Å²) in [7, 11) is 0. The lowest BCUT2D eigenvalue weighted by Gasteiger charge is -2.38. The number of hydrogen-bond donors (Lipinski definition) is 0. The van der Waals surface area contributed by atoms with E-state index in [2.05, 4.69) is 11.5 Å². The maximum Gasteiger partial charge on any atom is 0.250 e. The van der Waals surface area contributed by atoms with Crippen LogP contribution in [0.4, 0.5) is 11.4 Å². The fourth-order valence-corrected chi connectivity index (χ4v) is 2.81. The van der Waals surface area contributed by atoms with Crippen LogP contribution in [0.25, 0.3) is 0 Å². The monoisotopic (exact) mass is 262 g/mol. The Balaban J connectivity index is 2.07. The second-order valence-electron chi connectivity index (χ2n) is 4.73. The van der Waals surface area contributed by atoms with E-state index in [1.807, 2.05) is 18.2 Å². The van der Waals surface area contributed by atoms with Gasteiger partial charge in [-0.3, -0.25) is 4.79 Å². The van der Waals surface area contributed by atoms with Crippen LogP contribution in [-0.2, 0) is 4.79 Å². The number of nitrogens with zero attached hydrogens (tertiary/aromatic N) is 2. The highest BCUT2D eigenvalue weighted by atomic mass is 35.5. The standard InChI is InChI=1S/C14H15ClN2O/c1-2-13(18)17-9-8-16(10-6-7-10)14-11(15)4-3-5-12(14)17/h2-5,10H,1,6-9H2. The van der Waals surface area contributed by atoms with Gasteiger partial charge in [-0.15, -0.1) is 0 Å². The van der Waals surface area contributed by atoms with E-state index >= 15 is 0 Å². The Kier molecular flexibility index (Phi) is 2.78. The van der Waals surface area contributed by atoms with Gasteiger partial charge in [-0.25, -0.2) is 0 Å². The van der Waals surface area contributed by atoms with Gasteiger partial charge in [-0.2, -0.15) is 0 Å². The van der Waals surface area contributed by atoms with E-state index < -0.39 is 0 Å². The normalized spacial score (nSPS) is 18.5. The average molecular weight is 263 g/mol. The summed E-state index contributed by atoms with van der Waals surface area (Å²) in [6.45, 7) is 5.11. The topological polar surface area (TPSA) is 23.6 Å². The first kappa shape index (κ1) is 11.6. The van der Waals surface area contributed by atoms with Crippen molar-refractivity contribution < 1.29 is 4.79 Å². The molecule has 0 aromatic heterocycles. The van der Waals surface area contributed by atoms with Crippen LogP contribution in [-0.4, -0.2) is 25.0 Å². The van der Waals surface area contributed by atoms with Crippen molar-refractivity contribution in [1.82, 2.24) is 0 Å². The lowest BCUT2D eigenvalue weighted by atomic mass is 10.1. The lowest BCUT2D eigenvalue weighted by molar-refractivity contribution is -0.114. The highest BCUT2D eigenvalue weighted by molar-refractivity contribution is 6.34. The summed E-state index contributed by atoms with van der Waals surface area (Å²) in [5.41, 5.74) is 1.91. The lowest BCUT2D eigenvalue weighted by Crippen LogP contribution is -2.44. The quantitative estimate of drug-likeness (QED) is 0.765. The van der Waals surface area contributed by atoms with Gasteiger partial charge in [0, 0.05) is 19.1 Å². The number of rotatable bonds is 2. The molecule has 0 spiro atoms. The minimum Gasteiger partial charge on any atom is -0.364 e. The number of anilines is 2. The third-order valence-corrected chi connectivity index (χ3v) is 3.84. The maximum absolute atomic E-state index is 11.9. The van der Waals surface area contributed by atoms with Gasteiger partial charge in [0.15, 0.2) is 0 Å². The van der Waals surface area contributed by atoms with Crippen molar-refractivity contribution in [3.8, 4) is 0 Å². The predicted octanol–water partition coefficient (Wildman–Crippen LogP) is 2.84. The molecule has 1 aliphatic heterocycles. The van der Waals surface area contributed by atoms with Crippen LogP contribution >= 0.6 is 11.6 Å². The number of hydrogen-bond acceptors (Lipinski definition) is 2. The third kappa shape index (κ3) is 1.79. The zero-order valence-corrected chi connectivity index (χ0v) is 10.9. The molecular formula is C14H15ClN2O. The minimum atomic E-state index is -0.0611. The molecule has 1 amide bonds. The van der Waals surface area contributed by atoms with E-state index in [1.165, 1.54) is 18.9 Å². The zero-order chi connectivity index (χ0) is 12.7. The molecule has 3 rings (SSSR count). The predicted molar refractivity (Wildman–Crippen MR) is 74.4 cm³/mol. The number of fused-ring (bicyclic) bond motifs is 1. The van der Waals surface area contributed by atoms with Gasteiger partial charge in [0.2, 0.25) is 0 Å². The zero-order valence-electron chi connectivity index (χ0n) is 10.1. The first-order valence-electron chi connectivity index (χ1n) is 6.21. The van der Waals surface area contributed by atoms with Crippen LogP contribution in [0.15, 0.2) is 30.9 Å². The van der Waals surface area contributed by atoms with Crippen LogP contribution in [0.1, 0.15) is 12.8 Å². The van der Waals surface area contributed by atoms with Gasteiger partial charge >= 0.3 is 0 Å². The summed E-state index contributed by atoms with van der Waals surface area (Å²) in [6, 6.07) is 6.33. The molecule has 0 unspecified atom stereocenters. The molecule has 4 heteroatoms. The largest absolute Gasteiger partial charge is 0.364 e. The van der Waals surface area contributed by atoms with Crippen molar-refractivity contribution in [1.29, 1.82) is 0 Å². The number of benzene rings is 1. The van der Waals surface area contributed by atoms with Gasteiger partial charge in [-0.05, 0) is 31.1 Å². The van der Waals surface area contributed by atoms with E-state index in [-0.39, 0.29) is 5.91 Å². The van der Waals surface area contributed by atoms with E-state index in [0.717, 1.165) is 22.9 Å². The summed E-state index contributed by atoms with van der Waals surface area (Å²) in [5.74, 6) is -0.0611. The molecule has 3 nitrogen and oxygen atoms in total. The fourth-order valence-electron chi connectivity index (χ4n) is 2.54. The summed E-state index contributed by atoms with van der Waals surface area (Å²) >= 11 is 6.32. The summed E-state index contributed by atoms with van der Waals surface area (Å²) in [6.07, 6.45) is 3.80. The molecule has 1 aromatic carbocycles. The number of para-hydroxylation sites is 1. The molecule has 1 aromatic rings. The fraction of sp³-hybridized carbons (Fsp3) is 0.357. The van der Waals surface area contributed by atoms with Crippen molar-refractivity contribution >= 4 is 28.9 Å². The molecule has 0 atom stereocenters. The van der Waals surface area contributed by atoms with Crippen molar-refractivity contribution in [2.45, 2.75) is 18.9 Å². The summed E-state index contributed by atoms with van der Waals surface area (Å²) in [4.78, 5) is 16.0. The van der Waals surface area contributed by atoms with E-state index in [0.29, 0.717) is 12.6 Å². The van der Waals surface area contributed by atoms with E-state index in [4.69, 9.17) is 11.6 Å². The third-order valence-electron chi connectivity index (χ3n) is 3.54. The second-order valence-corrected chi connectivity index (χ2v) is 5.13. The first-order valence-corrected chi connectivity index (χ1v) is 6.59. The highest BCUT2D eigenvalue weighted by Gasteiger charge is 2.36. The first-order chi connectivity index (χ1) is 8.72. The Labute approximate surface area is 112 Å². The molecular weight excluding hydrogens is 248 g/mol. The number of halogens is 1.